The Morgan fingerprint density at radius 2 is 1.94 bits per heavy atom. The van der Waals surface area contributed by atoms with Gasteiger partial charge in [-0.2, -0.15) is 0 Å². The first kappa shape index (κ1) is 12.6. The summed E-state index contributed by atoms with van der Waals surface area (Å²) in [7, 11) is 2.91. The number of carbonyl (C=O) groups is 1. The second kappa shape index (κ2) is 5.19. The Morgan fingerprint density at radius 1 is 1.22 bits per heavy atom. The third kappa shape index (κ3) is 1.97. The summed E-state index contributed by atoms with van der Waals surface area (Å²) in [6.45, 7) is 0. The average Bonchev–Trinajstić information content (AvgIpc) is 2.47. The van der Waals surface area contributed by atoms with Gasteiger partial charge in [-0.05, 0) is 5.56 Å². The zero-order valence-electron chi connectivity index (χ0n) is 10.6. The predicted molar refractivity (Wildman–Crippen MR) is 69.9 cm³/mol. The number of rotatable bonds is 3. The zero-order chi connectivity index (χ0) is 13.0. The fraction of sp³-hybridized carbons (Fsp3) is 0.267. The van der Waals surface area contributed by atoms with Gasteiger partial charge < -0.3 is 9.47 Å². The lowest BCUT2D eigenvalue weighted by Crippen LogP contribution is -2.43. The number of allylic oxidation sites excluding steroid dienone is 2. The van der Waals surface area contributed by atoms with Crippen LogP contribution in [0.2, 0.25) is 0 Å². The van der Waals surface area contributed by atoms with E-state index >= 15 is 0 Å². The van der Waals surface area contributed by atoms with Crippen molar-refractivity contribution in [2.24, 2.45) is 0 Å². The molecule has 1 aromatic carbocycles. The van der Waals surface area contributed by atoms with Crippen molar-refractivity contribution in [1.29, 1.82) is 0 Å². The van der Waals surface area contributed by atoms with E-state index in [2.05, 4.69) is 0 Å². The summed E-state index contributed by atoms with van der Waals surface area (Å²) < 4.78 is 10.4. The first-order chi connectivity index (χ1) is 8.74. The summed E-state index contributed by atoms with van der Waals surface area (Å²) in [5.41, 5.74) is 0.763. The lowest BCUT2D eigenvalue weighted by atomic mass is 9.82. The minimum Gasteiger partial charge on any atom is -0.467 e. The predicted octanol–water partition coefficient (Wildman–Crippen LogP) is 2.59. The quantitative estimate of drug-likeness (QED) is 0.767. The van der Waals surface area contributed by atoms with Gasteiger partial charge in [-0.15, -0.1) is 0 Å². The van der Waals surface area contributed by atoms with Crippen LogP contribution in [0.5, 0.6) is 0 Å². The molecule has 0 saturated carbocycles. The molecule has 0 heterocycles. The lowest BCUT2D eigenvalue weighted by molar-refractivity contribution is -0.158. The van der Waals surface area contributed by atoms with Crippen molar-refractivity contribution in [3.63, 3.8) is 0 Å². The van der Waals surface area contributed by atoms with Crippen molar-refractivity contribution in [2.75, 3.05) is 14.2 Å². The van der Waals surface area contributed by atoms with Crippen LogP contribution in [0.3, 0.4) is 0 Å². The Labute approximate surface area is 107 Å². The number of benzene rings is 1. The zero-order valence-corrected chi connectivity index (χ0v) is 10.6. The highest BCUT2D eigenvalue weighted by Crippen LogP contribution is 2.37. The molecule has 94 valence electrons. The van der Waals surface area contributed by atoms with Crippen LogP contribution in [-0.4, -0.2) is 25.8 Å². The van der Waals surface area contributed by atoms with Gasteiger partial charge in [0, 0.05) is 19.1 Å². The SMILES string of the molecule is COC(=O)C1(OC)CC=CC=C1c1ccccc1. The minimum atomic E-state index is -1.04. The summed E-state index contributed by atoms with van der Waals surface area (Å²) in [6, 6.07) is 9.73. The van der Waals surface area contributed by atoms with Gasteiger partial charge in [0.1, 0.15) is 0 Å². The van der Waals surface area contributed by atoms with Crippen molar-refractivity contribution in [1.82, 2.24) is 0 Å². The van der Waals surface area contributed by atoms with E-state index in [4.69, 9.17) is 9.47 Å². The van der Waals surface area contributed by atoms with Gasteiger partial charge in [-0.1, -0.05) is 48.6 Å². The summed E-state index contributed by atoms with van der Waals surface area (Å²) in [4.78, 5) is 12.1. The van der Waals surface area contributed by atoms with Crippen LogP contribution >= 0.6 is 0 Å². The van der Waals surface area contributed by atoms with Crippen molar-refractivity contribution in [3.05, 3.63) is 54.1 Å². The van der Waals surface area contributed by atoms with Gasteiger partial charge in [0.2, 0.25) is 0 Å². The molecule has 0 aromatic heterocycles. The van der Waals surface area contributed by atoms with Crippen LogP contribution in [0.15, 0.2) is 48.6 Å². The number of hydrogen-bond acceptors (Lipinski definition) is 3. The standard InChI is InChI=1S/C15H16O3/c1-17-14(16)15(18-2)11-7-6-10-13(15)12-8-4-3-5-9-12/h3-10H,11H2,1-2H3. The first-order valence-corrected chi connectivity index (χ1v) is 5.81. The lowest BCUT2D eigenvalue weighted by Gasteiger charge is -2.33. The number of esters is 1. The molecular formula is C15H16O3. The summed E-state index contributed by atoms with van der Waals surface area (Å²) in [5, 5.41) is 0. The van der Waals surface area contributed by atoms with E-state index in [1.165, 1.54) is 14.2 Å². The highest BCUT2D eigenvalue weighted by Gasteiger charge is 2.44. The van der Waals surface area contributed by atoms with Gasteiger partial charge in [-0.25, -0.2) is 4.79 Å². The molecule has 0 N–H and O–H groups in total. The van der Waals surface area contributed by atoms with Crippen LogP contribution in [0.25, 0.3) is 5.57 Å². The molecule has 0 fully saturated rings. The van der Waals surface area contributed by atoms with E-state index < -0.39 is 5.60 Å². The van der Waals surface area contributed by atoms with Crippen LogP contribution < -0.4 is 0 Å². The number of hydrogen-bond donors (Lipinski definition) is 0. The van der Waals surface area contributed by atoms with E-state index in [1.807, 2.05) is 48.6 Å². The van der Waals surface area contributed by atoms with E-state index in [1.54, 1.807) is 0 Å². The third-order valence-corrected chi connectivity index (χ3v) is 3.19. The molecule has 18 heavy (non-hydrogen) atoms. The van der Waals surface area contributed by atoms with Crippen molar-refractivity contribution >= 4 is 11.5 Å². The van der Waals surface area contributed by atoms with E-state index in [-0.39, 0.29) is 5.97 Å². The highest BCUT2D eigenvalue weighted by molar-refractivity contribution is 5.97. The van der Waals surface area contributed by atoms with Crippen molar-refractivity contribution in [3.8, 4) is 0 Å². The number of carbonyl (C=O) groups excluding carboxylic acids is 1. The smallest absolute Gasteiger partial charge is 0.343 e. The number of ether oxygens (including phenoxy) is 2. The molecule has 3 nitrogen and oxygen atoms in total. The summed E-state index contributed by atoms with van der Waals surface area (Å²) in [6.07, 6.45) is 6.23. The third-order valence-electron chi connectivity index (χ3n) is 3.19. The molecule has 0 radical (unpaired) electrons. The number of methoxy groups -OCH3 is 2. The monoisotopic (exact) mass is 244 g/mol. The molecule has 1 aliphatic rings. The molecular weight excluding hydrogens is 228 g/mol. The maximum atomic E-state index is 12.1. The molecule has 0 bridgehead atoms. The van der Waals surface area contributed by atoms with Crippen molar-refractivity contribution < 1.29 is 14.3 Å². The van der Waals surface area contributed by atoms with E-state index in [0.29, 0.717) is 6.42 Å². The van der Waals surface area contributed by atoms with Crippen LogP contribution in [0.4, 0.5) is 0 Å². The Hall–Kier alpha value is -1.87. The van der Waals surface area contributed by atoms with Crippen LogP contribution in [0, 0.1) is 0 Å². The molecule has 1 unspecified atom stereocenters. The molecule has 0 spiro atoms. The fourth-order valence-electron chi connectivity index (χ4n) is 2.22. The fourth-order valence-corrected chi connectivity index (χ4v) is 2.22. The molecule has 1 aliphatic carbocycles. The Bertz CT molecular complexity index is 488. The van der Waals surface area contributed by atoms with Gasteiger partial charge in [0.05, 0.1) is 7.11 Å². The van der Waals surface area contributed by atoms with E-state index in [0.717, 1.165) is 11.1 Å². The second-order valence-corrected chi connectivity index (χ2v) is 4.10. The molecule has 2 rings (SSSR count). The van der Waals surface area contributed by atoms with Crippen LogP contribution in [0.1, 0.15) is 12.0 Å². The van der Waals surface area contributed by atoms with Crippen LogP contribution in [-0.2, 0) is 14.3 Å². The molecule has 0 amide bonds. The Morgan fingerprint density at radius 3 is 2.56 bits per heavy atom. The second-order valence-electron chi connectivity index (χ2n) is 4.10. The van der Waals surface area contributed by atoms with Gasteiger partial charge in [0.15, 0.2) is 5.60 Å². The Kier molecular flexibility index (Phi) is 3.63. The normalized spacial score (nSPS) is 22.4. The maximum absolute atomic E-state index is 12.1. The summed E-state index contributed by atoms with van der Waals surface area (Å²) >= 11 is 0. The van der Waals surface area contributed by atoms with Gasteiger partial charge in [-0.3, -0.25) is 0 Å². The minimum absolute atomic E-state index is 0.371. The topological polar surface area (TPSA) is 35.5 Å². The molecule has 0 aliphatic heterocycles. The molecule has 0 saturated heterocycles. The molecule has 1 atom stereocenters. The average molecular weight is 244 g/mol. The molecule has 3 heteroatoms. The summed E-state index contributed by atoms with van der Waals surface area (Å²) in [5.74, 6) is -0.371. The maximum Gasteiger partial charge on any atom is 0.343 e. The highest BCUT2D eigenvalue weighted by atomic mass is 16.6. The molecule has 1 aromatic rings. The van der Waals surface area contributed by atoms with Gasteiger partial charge in [0.25, 0.3) is 0 Å². The van der Waals surface area contributed by atoms with Gasteiger partial charge >= 0.3 is 5.97 Å². The first-order valence-electron chi connectivity index (χ1n) is 5.81. The van der Waals surface area contributed by atoms with Crippen molar-refractivity contribution in [2.45, 2.75) is 12.0 Å². The largest absolute Gasteiger partial charge is 0.467 e. The Balaban J connectivity index is 2.51. The van der Waals surface area contributed by atoms with E-state index in [9.17, 15) is 4.79 Å².